The van der Waals surface area contributed by atoms with Crippen LogP contribution < -0.4 is 9.64 Å². The number of hydrogen-bond donors (Lipinski definition) is 0. The first kappa shape index (κ1) is 22.7. The Kier molecular flexibility index (Phi) is 6.69. The van der Waals surface area contributed by atoms with E-state index in [1.165, 1.54) is 4.90 Å². The van der Waals surface area contributed by atoms with Gasteiger partial charge >= 0.3 is 0 Å². The first-order valence-electron chi connectivity index (χ1n) is 10.9. The minimum Gasteiger partial charge on any atom is -0.484 e. The molecule has 2 atom stereocenters. The van der Waals surface area contributed by atoms with E-state index in [9.17, 15) is 14.4 Å². The van der Waals surface area contributed by atoms with Gasteiger partial charge in [-0.3, -0.25) is 14.4 Å². The van der Waals surface area contributed by atoms with Crippen LogP contribution in [0.4, 0.5) is 5.69 Å². The molecular weight excluding hydrogens is 430 g/mol. The van der Waals surface area contributed by atoms with Crippen molar-refractivity contribution in [3.05, 3.63) is 96.1 Å². The van der Waals surface area contributed by atoms with E-state index in [-0.39, 0.29) is 13.0 Å². The van der Waals surface area contributed by atoms with Gasteiger partial charge in [0.05, 0.1) is 29.8 Å². The van der Waals surface area contributed by atoms with Gasteiger partial charge in [-0.15, -0.1) is 0 Å². The molecule has 7 heteroatoms. The second-order valence-electron chi connectivity index (χ2n) is 7.94. The molecule has 4 rings (SSSR count). The molecule has 170 valence electrons. The summed E-state index contributed by atoms with van der Waals surface area (Å²) in [4.78, 5) is 42.2. The molecule has 0 bridgehead atoms. The van der Waals surface area contributed by atoms with Crippen LogP contribution in [0.2, 0.25) is 0 Å². The first-order valence-corrected chi connectivity index (χ1v) is 10.9. The van der Waals surface area contributed by atoms with Crippen molar-refractivity contribution in [3.63, 3.8) is 0 Å². The molecule has 0 spiro atoms. The van der Waals surface area contributed by atoms with E-state index >= 15 is 0 Å². The zero-order valence-corrected chi connectivity index (χ0v) is 18.6. The van der Waals surface area contributed by atoms with Crippen molar-refractivity contribution in [1.82, 2.24) is 4.90 Å². The lowest BCUT2D eigenvalue weighted by molar-refractivity contribution is -0.142. The number of amides is 3. The van der Waals surface area contributed by atoms with E-state index in [1.54, 1.807) is 48.5 Å². The van der Waals surface area contributed by atoms with Gasteiger partial charge < -0.3 is 9.64 Å². The number of nitriles is 1. The third-order valence-electron chi connectivity index (χ3n) is 5.81. The highest BCUT2D eigenvalue weighted by Crippen LogP contribution is 2.31. The monoisotopic (exact) mass is 453 g/mol. The van der Waals surface area contributed by atoms with Gasteiger partial charge in [-0.1, -0.05) is 48.5 Å². The Balaban J connectivity index is 1.62. The molecule has 7 nitrogen and oxygen atoms in total. The number of nitrogens with zero attached hydrogens (tertiary/aromatic N) is 3. The van der Waals surface area contributed by atoms with Gasteiger partial charge in [0.15, 0.2) is 6.61 Å². The molecule has 0 aromatic heterocycles. The number of hydrogen-bond acceptors (Lipinski definition) is 5. The van der Waals surface area contributed by atoms with Gasteiger partial charge in [0.1, 0.15) is 11.8 Å². The zero-order chi connectivity index (χ0) is 24.1. The highest BCUT2D eigenvalue weighted by atomic mass is 16.5. The van der Waals surface area contributed by atoms with Crippen LogP contribution in [0.25, 0.3) is 0 Å². The molecule has 1 fully saturated rings. The summed E-state index contributed by atoms with van der Waals surface area (Å²) in [6.45, 7) is 1.56. The standard InChI is InChI=1S/C27H23N3O4/c1-19(21-8-4-2-5-9-21)29(26(32)18-34-23-10-6-3-7-11-23)24-16-25(31)30(27(24)33)22-14-12-20(17-28)13-15-22/h2-15,19,24H,16,18H2,1H3. The van der Waals surface area contributed by atoms with E-state index in [0.717, 1.165) is 10.5 Å². The van der Waals surface area contributed by atoms with Crippen molar-refractivity contribution in [1.29, 1.82) is 5.26 Å². The summed E-state index contributed by atoms with van der Waals surface area (Å²) in [5, 5.41) is 9.02. The summed E-state index contributed by atoms with van der Waals surface area (Å²) in [5.74, 6) is -0.739. The van der Waals surface area contributed by atoms with E-state index < -0.39 is 29.8 Å². The Labute approximate surface area is 197 Å². The normalized spacial score (nSPS) is 16.1. The molecule has 34 heavy (non-hydrogen) atoms. The Hall–Kier alpha value is -4.44. The van der Waals surface area contributed by atoms with Crippen LogP contribution in [0.5, 0.6) is 5.75 Å². The minimum absolute atomic E-state index is 0.132. The predicted octanol–water partition coefficient (Wildman–Crippen LogP) is 3.86. The highest BCUT2D eigenvalue weighted by molar-refractivity contribution is 6.23. The number of rotatable bonds is 7. The lowest BCUT2D eigenvalue weighted by Gasteiger charge is -2.33. The van der Waals surface area contributed by atoms with Crippen molar-refractivity contribution in [3.8, 4) is 11.8 Å². The van der Waals surface area contributed by atoms with Crippen LogP contribution in [0.15, 0.2) is 84.9 Å². The van der Waals surface area contributed by atoms with Crippen LogP contribution in [-0.4, -0.2) is 35.3 Å². The van der Waals surface area contributed by atoms with Crippen molar-refractivity contribution in [2.24, 2.45) is 0 Å². The highest BCUT2D eigenvalue weighted by Gasteiger charge is 2.46. The van der Waals surface area contributed by atoms with Gasteiger partial charge in [0.25, 0.3) is 11.8 Å². The van der Waals surface area contributed by atoms with Crippen LogP contribution in [0.3, 0.4) is 0 Å². The van der Waals surface area contributed by atoms with Crippen molar-refractivity contribution < 1.29 is 19.1 Å². The SMILES string of the molecule is CC(c1ccccc1)N(C(=O)COc1ccccc1)C1CC(=O)N(c2ccc(C#N)cc2)C1=O. The molecule has 3 amide bonds. The molecule has 0 aliphatic carbocycles. The topological polar surface area (TPSA) is 90.7 Å². The van der Waals surface area contributed by atoms with E-state index in [1.807, 2.05) is 49.4 Å². The van der Waals surface area contributed by atoms with Gasteiger partial charge in [0.2, 0.25) is 5.91 Å². The summed E-state index contributed by atoms with van der Waals surface area (Å²) >= 11 is 0. The molecule has 3 aromatic rings. The van der Waals surface area contributed by atoms with E-state index in [2.05, 4.69) is 0 Å². The van der Waals surface area contributed by atoms with Crippen LogP contribution in [0, 0.1) is 11.3 Å². The second-order valence-corrected chi connectivity index (χ2v) is 7.94. The molecule has 3 aromatic carbocycles. The second kappa shape index (κ2) is 10.0. The number of imide groups is 1. The third kappa shape index (κ3) is 4.66. The Morgan fingerprint density at radius 2 is 1.65 bits per heavy atom. The van der Waals surface area contributed by atoms with Crippen LogP contribution in [0.1, 0.15) is 30.5 Å². The summed E-state index contributed by atoms with van der Waals surface area (Å²) in [6.07, 6.45) is -0.132. The third-order valence-corrected chi connectivity index (χ3v) is 5.81. The fourth-order valence-electron chi connectivity index (χ4n) is 4.08. The summed E-state index contributed by atoms with van der Waals surface area (Å²) in [6, 6.07) is 25.1. The number of anilines is 1. The molecule has 2 unspecified atom stereocenters. The van der Waals surface area contributed by atoms with E-state index in [4.69, 9.17) is 10.00 Å². The van der Waals surface area contributed by atoms with Gasteiger partial charge in [-0.2, -0.15) is 5.26 Å². The van der Waals surface area contributed by atoms with Crippen LogP contribution in [-0.2, 0) is 14.4 Å². The van der Waals surface area contributed by atoms with E-state index in [0.29, 0.717) is 17.0 Å². The number of para-hydroxylation sites is 1. The lowest BCUT2D eigenvalue weighted by Crippen LogP contribution is -2.48. The molecule has 0 radical (unpaired) electrons. The average molecular weight is 453 g/mol. The number of ether oxygens (including phenoxy) is 1. The Morgan fingerprint density at radius 1 is 1.03 bits per heavy atom. The molecule has 1 saturated heterocycles. The Bertz CT molecular complexity index is 1220. The molecule has 0 saturated carbocycles. The Morgan fingerprint density at radius 3 is 2.26 bits per heavy atom. The van der Waals surface area contributed by atoms with Crippen LogP contribution >= 0.6 is 0 Å². The molecule has 0 N–H and O–H groups in total. The average Bonchev–Trinajstić information content (AvgIpc) is 3.17. The number of carbonyl (C=O) groups excluding carboxylic acids is 3. The fraction of sp³-hybridized carbons (Fsp3) is 0.185. The molecular formula is C27H23N3O4. The minimum atomic E-state index is -0.967. The maximum atomic E-state index is 13.4. The fourth-order valence-corrected chi connectivity index (χ4v) is 4.08. The largest absolute Gasteiger partial charge is 0.484 e. The number of benzene rings is 3. The quantitative estimate of drug-likeness (QED) is 0.507. The van der Waals surface area contributed by atoms with Gasteiger partial charge in [-0.25, -0.2) is 4.90 Å². The van der Waals surface area contributed by atoms with Gasteiger partial charge in [-0.05, 0) is 48.9 Å². The lowest BCUT2D eigenvalue weighted by atomic mass is 10.0. The zero-order valence-electron chi connectivity index (χ0n) is 18.6. The summed E-state index contributed by atoms with van der Waals surface area (Å²) in [5.41, 5.74) is 1.64. The first-order chi connectivity index (χ1) is 16.5. The van der Waals surface area contributed by atoms with Gasteiger partial charge in [0, 0.05) is 0 Å². The van der Waals surface area contributed by atoms with Crippen molar-refractivity contribution >= 4 is 23.4 Å². The molecule has 1 aliphatic heterocycles. The maximum absolute atomic E-state index is 13.4. The van der Waals surface area contributed by atoms with Crippen molar-refractivity contribution in [2.45, 2.75) is 25.4 Å². The molecule has 1 aliphatic rings. The smallest absolute Gasteiger partial charge is 0.261 e. The predicted molar refractivity (Wildman–Crippen MR) is 126 cm³/mol. The summed E-state index contributed by atoms with van der Waals surface area (Å²) < 4.78 is 5.66. The maximum Gasteiger partial charge on any atom is 0.261 e. The summed E-state index contributed by atoms with van der Waals surface area (Å²) in [7, 11) is 0. The van der Waals surface area contributed by atoms with Crippen molar-refractivity contribution in [2.75, 3.05) is 11.5 Å². The molecule has 1 heterocycles. The number of carbonyl (C=O) groups is 3.